The first-order valence-corrected chi connectivity index (χ1v) is 11.7. The van der Waals surface area contributed by atoms with E-state index in [2.05, 4.69) is 21.5 Å². The first kappa shape index (κ1) is 22.5. The molecule has 34 heavy (non-hydrogen) atoms. The molecule has 0 radical (unpaired) electrons. The van der Waals surface area contributed by atoms with E-state index in [1.807, 2.05) is 33.0 Å². The molecule has 2 aliphatic rings. The Morgan fingerprint density at radius 2 is 1.97 bits per heavy atom. The maximum absolute atomic E-state index is 12.9. The zero-order valence-corrected chi connectivity index (χ0v) is 19.8. The van der Waals surface area contributed by atoms with Gasteiger partial charge in [-0.05, 0) is 56.4 Å². The van der Waals surface area contributed by atoms with Crippen molar-refractivity contribution < 1.29 is 19.0 Å². The molecule has 1 amide bonds. The van der Waals surface area contributed by atoms with Gasteiger partial charge < -0.3 is 24.5 Å². The molecule has 180 valence electrons. The first-order valence-electron chi connectivity index (χ1n) is 11.7. The van der Waals surface area contributed by atoms with Crippen molar-refractivity contribution in [1.29, 1.82) is 0 Å². The van der Waals surface area contributed by atoms with E-state index in [-0.39, 0.29) is 30.1 Å². The van der Waals surface area contributed by atoms with Crippen LogP contribution >= 0.6 is 0 Å². The predicted octanol–water partition coefficient (Wildman–Crippen LogP) is 2.40. The fourth-order valence-electron chi connectivity index (χ4n) is 5.21. The Kier molecular flexibility index (Phi) is 5.81. The number of carbonyl (C=O) groups excluding carboxylic acids is 1. The molecule has 2 N–H and O–H groups in total. The van der Waals surface area contributed by atoms with Crippen LogP contribution in [-0.2, 0) is 28.4 Å². The van der Waals surface area contributed by atoms with Crippen molar-refractivity contribution in [3.63, 3.8) is 0 Å². The molecule has 0 aliphatic carbocycles. The summed E-state index contributed by atoms with van der Waals surface area (Å²) in [7, 11) is 1.81. The van der Waals surface area contributed by atoms with Crippen LogP contribution in [0.3, 0.4) is 0 Å². The first-order chi connectivity index (χ1) is 16.4. The van der Waals surface area contributed by atoms with Gasteiger partial charge in [0.05, 0.1) is 5.69 Å². The Balaban J connectivity index is 1.30. The number of aromatic nitrogens is 3. The topological polar surface area (TPSA) is 107 Å². The van der Waals surface area contributed by atoms with Crippen molar-refractivity contribution >= 4 is 16.9 Å². The number of hydrogen-bond donors (Lipinski definition) is 2. The van der Waals surface area contributed by atoms with Gasteiger partial charge in [-0.3, -0.25) is 14.3 Å². The number of carbonyl (C=O) groups is 1. The van der Waals surface area contributed by atoms with E-state index in [0.29, 0.717) is 37.4 Å². The Labute approximate surface area is 197 Å². The van der Waals surface area contributed by atoms with Crippen molar-refractivity contribution in [3.05, 3.63) is 50.9 Å². The third-order valence-corrected chi connectivity index (χ3v) is 7.22. The number of nitrogens with one attached hydrogen (secondary N) is 2. The average Bonchev–Trinajstić information content (AvgIpc) is 3.41. The zero-order chi connectivity index (χ0) is 23.9. The Morgan fingerprint density at radius 3 is 2.76 bits per heavy atom. The van der Waals surface area contributed by atoms with E-state index in [4.69, 9.17) is 14.2 Å². The number of hydrogen-bond acceptors (Lipinski definition) is 6. The molecule has 0 spiro atoms. The van der Waals surface area contributed by atoms with Crippen molar-refractivity contribution in [2.75, 3.05) is 26.6 Å². The molecule has 4 heterocycles. The van der Waals surface area contributed by atoms with Crippen molar-refractivity contribution in [2.24, 2.45) is 7.05 Å². The zero-order valence-electron chi connectivity index (χ0n) is 19.8. The number of H-pyrrole nitrogens is 1. The molecule has 5 rings (SSSR count). The van der Waals surface area contributed by atoms with Crippen LogP contribution in [0.5, 0.6) is 11.5 Å². The summed E-state index contributed by atoms with van der Waals surface area (Å²) in [5.41, 5.74) is 3.81. The highest BCUT2D eigenvalue weighted by molar-refractivity contribution is 5.83. The Morgan fingerprint density at radius 1 is 1.21 bits per heavy atom. The summed E-state index contributed by atoms with van der Waals surface area (Å²) in [6, 6.07) is 6.01. The lowest BCUT2D eigenvalue weighted by Crippen LogP contribution is -2.44. The minimum absolute atomic E-state index is 0.0755. The summed E-state index contributed by atoms with van der Waals surface area (Å²) < 4.78 is 18.3. The minimum atomic E-state index is -0.228. The van der Waals surface area contributed by atoms with Gasteiger partial charge in [-0.1, -0.05) is 6.07 Å². The summed E-state index contributed by atoms with van der Waals surface area (Å²) in [5.74, 6) is 1.41. The quantitative estimate of drug-likeness (QED) is 0.578. The molecule has 1 fully saturated rings. The number of benzene rings is 1. The summed E-state index contributed by atoms with van der Waals surface area (Å²) in [6.07, 6.45) is 2.23. The molecule has 1 saturated heterocycles. The van der Waals surface area contributed by atoms with Crippen LogP contribution in [0, 0.1) is 13.8 Å². The number of fused-ring (bicyclic) bond motifs is 2. The van der Waals surface area contributed by atoms with Crippen LogP contribution in [0.15, 0.2) is 23.0 Å². The van der Waals surface area contributed by atoms with Gasteiger partial charge in [-0.25, -0.2) is 0 Å². The monoisotopic (exact) mass is 466 g/mol. The number of amides is 1. The molecule has 0 saturated carbocycles. The maximum atomic E-state index is 12.9. The smallest absolute Gasteiger partial charge is 0.253 e. The van der Waals surface area contributed by atoms with E-state index >= 15 is 0 Å². The van der Waals surface area contributed by atoms with Crippen LogP contribution < -0.4 is 20.3 Å². The van der Waals surface area contributed by atoms with E-state index < -0.39 is 0 Å². The summed E-state index contributed by atoms with van der Waals surface area (Å²) in [5, 5.41) is 8.48. The highest BCUT2D eigenvalue weighted by Gasteiger charge is 2.36. The highest BCUT2D eigenvalue weighted by Crippen LogP contribution is 2.40. The molecule has 2 aliphatic heterocycles. The molecule has 0 unspecified atom stereocenters. The van der Waals surface area contributed by atoms with Crippen molar-refractivity contribution in [2.45, 2.75) is 44.9 Å². The fourth-order valence-corrected chi connectivity index (χ4v) is 5.21. The lowest BCUT2D eigenvalue weighted by atomic mass is 9.74. The second-order valence-corrected chi connectivity index (χ2v) is 9.23. The lowest BCUT2D eigenvalue weighted by Gasteiger charge is -2.38. The predicted molar refractivity (Wildman–Crippen MR) is 126 cm³/mol. The molecule has 0 atom stereocenters. The van der Waals surface area contributed by atoms with E-state index in [0.717, 1.165) is 46.5 Å². The minimum Gasteiger partial charge on any atom is -0.454 e. The maximum Gasteiger partial charge on any atom is 0.253 e. The number of aromatic amines is 1. The standard InChI is InChI=1S/C25H30N4O5/c1-15-18(24(31)27-23-22(15)16(2)28-29(23)3)5-7-21(30)26-13-25(8-10-32-11-9-25)17-4-6-19-20(12-17)34-14-33-19/h4,6,12H,5,7-11,13-14H2,1-3H3,(H,26,30)(H,27,31). The molecule has 9 heteroatoms. The van der Waals surface area contributed by atoms with Crippen molar-refractivity contribution in [3.8, 4) is 11.5 Å². The van der Waals surface area contributed by atoms with Gasteiger partial charge >= 0.3 is 0 Å². The van der Waals surface area contributed by atoms with Crippen LogP contribution in [0.2, 0.25) is 0 Å². The van der Waals surface area contributed by atoms with Gasteiger partial charge in [0.2, 0.25) is 12.7 Å². The average molecular weight is 467 g/mol. The molecule has 0 bridgehead atoms. The number of rotatable bonds is 6. The number of pyridine rings is 1. The highest BCUT2D eigenvalue weighted by atomic mass is 16.7. The molecule has 9 nitrogen and oxygen atoms in total. The third-order valence-electron chi connectivity index (χ3n) is 7.22. The molecule has 2 aromatic heterocycles. The van der Waals surface area contributed by atoms with Crippen LogP contribution in [0.25, 0.3) is 11.0 Å². The lowest BCUT2D eigenvalue weighted by molar-refractivity contribution is -0.121. The van der Waals surface area contributed by atoms with Gasteiger partial charge in [-0.2, -0.15) is 5.10 Å². The van der Waals surface area contributed by atoms with Gasteiger partial charge in [0.1, 0.15) is 5.65 Å². The number of aryl methyl sites for hydroxylation is 3. The largest absolute Gasteiger partial charge is 0.454 e. The third kappa shape index (κ3) is 3.94. The van der Waals surface area contributed by atoms with E-state index in [9.17, 15) is 9.59 Å². The second-order valence-electron chi connectivity index (χ2n) is 9.23. The summed E-state index contributed by atoms with van der Waals surface area (Å²) in [6.45, 7) is 5.87. The number of nitrogens with zero attached hydrogens (tertiary/aromatic N) is 2. The number of ether oxygens (including phenoxy) is 3. The summed E-state index contributed by atoms with van der Waals surface area (Å²) >= 11 is 0. The SMILES string of the molecule is Cc1nn(C)c2[nH]c(=O)c(CCC(=O)NCC3(c4ccc5c(c4)OCO5)CCOCC3)c(C)c12. The fraction of sp³-hybridized carbons (Fsp3) is 0.480. The van der Waals surface area contributed by atoms with Crippen LogP contribution in [0.1, 0.15) is 41.6 Å². The second kappa shape index (κ2) is 8.79. The van der Waals surface area contributed by atoms with Gasteiger partial charge in [-0.15, -0.1) is 0 Å². The van der Waals surface area contributed by atoms with Gasteiger partial charge in [0, 0.05) is 49.6 Å². The van der Waals surface area contributed by atoms with E-state index in [1.165, 1.54) is 0 Å². The molecular formula is C25H30N4O5. The Hall–Kier alpha value is -3.33. The van der Waals surface area contributed by atoms with Gasteiger partial charge in [0.25, 0.3) is 5.56 Å². The van der Waals surface area contributed by atoms with E-state index in [1.54, 1.807) is 4.68 Å². The molecule has 3 aromatic rings. The molecular weight excluding hydrogens is 436 g/mol. The normalized spacial score (nSPS) is 16.7. The molecule has 1 aromatic carbocycles. The van der Waals surface area contributed by atoms with Crippen molar-refractivity contribution in [1.82, 2.24) is 20.1 Å². The summed E-state index contributed by atoms with van der Waals surface area (Å²) in [4.78, 5) is 28.5. The van der Waals surface area contributed by atoms with Crippen LogP contribution in [0.4, 0.5) is 0 Å². The Bertz CT molecular complexity index is 1300. The van der Waals surface area contributed by atoms with Crippen LogP contribution in [-0.4, -0.2) is 47.2 Å². The van der Waals surface area contributed by atoms with Gasteiger partial charge in [0.15, 0.2) is 11.5 Å².